The minimum Gasteiger partial charge on any atom is -0.548 e. The second-order valence-corrected chi connectivity index (χ2v) is 6.06. The van der Waals surface area contributed by atoms with E-state index in [0.717, 1.165) is 0 Å². The highest BCUT2D eigenvalue weighted by Gasteiger charge is 2.17. The molecule has 1 atom stereocenters. The number of carbonyl (C=O) groups is 4. The van der Waals surface area contributed by atoms with E-state index in [1.165, 1.54) is 32.1 Å². The maximum Gasteiger partial charge on any atom is 0.308 e. The summed E-state index contributed by atoms with van der Waals surface area (Å²) in [7, 11) is 0. The molecule has 0 saturated carbocycles. The van der Waals surface area contributed by atoms with Crippen molar-refractivity contribution in [3.63, 3.8) is 0 Å². The Labute approximate surface area is 167 Å². The fourth-order valence-electron chi connectivity index (χ4n) is 2.24. The van der Waals surface area contributed by atoms with Crippen molar-refractivity contribution in [3.05, 3.63) is 71.4 Å². The Bertz CT molecular complexity index is 935. The number of carboxylic acid groups (broad SMARTS) is 1. The Kier molecular flexibility index (Phi) is 7.25. The third kappa shape index (κ3) is 6.62. The third-order valence-electron chi connectivity index (χ3n) is 3.68. The number of esters is 1. The molecule has 0 saturated heterocycles. The van der Waals surface area contributed by atoms with Crippen molar-refractivity contribution in [2.24, 2.45) is 0 Å². The van der Waals surface area contributed by atoms with Crippen molar-refractivity contribution in [3.8, 4) is 5.75 Å². The van der Waals surface area contributed by atoms with Gasteiger partial charge in [-0.05, 0) is 42.8 Å². The zero-order valence-electron chi connectivity index (χ0n) is 15.8. The summed E-state index contributed by atoms with van der Waals surface area (Å²) >= 11 is 0. The lowest BCUT2D eigenvalue weighted by Crippen LogP contribution is -2.48. The zero-order chi connectivity index (χ0) is 21.4. The van der Waals surface area contributed by atoms with Crippen molar-refractivity contribution in [1.82, 2.24) is 10.6 Å². The molecule has 2 aromatic rings. The maximum absolute atomic E-state index is 12.5. The van der Waals surface area contributed by atoms with Crippen molar-refractivity contribution in [2.75, 3.05) is 0 Å². The molecular formula is C21H19N2O6-. The van der Waals surface area contributed by atoms with Gasteiger partial charge in [-0.25, -0.2) is 0 Å². The van der Waals surface area contributed by atoms with Crippen LogP contribution in [0, 0.1) is 0 Å². The minimum absolute atomic E-state index is 0.160. The second-order valence-electron chi connectivity index (χ2n) is 6.06. The predicted molar refractivity (Wildman–Crippen MR) is 102 cm³/mol. The van der Waals surface area contributed by atoms with Gasteiger partial charge in [0.1, 0.15) is 11.4 Å². The number of nitrogens with one attached hydrogen (secondary N) is 2. The van der Waals surface area contributed by atoms with Crippen LogP contribution >= 0.6 is 0 Å². The highest BCUT2D eigenvalue weighted by molar-refractivity contribution is 6.06. The Morgan fingerprint density at radius 1 is 1.00 bits per heavy atom. The van der Waals surface area contributed by atoms with Crippen LogP contribution in [0.2, 0.25) is 0 Å². The van der Waals surface area contributed by atoms with Gasteiger partial charge in [0.2, 0.25) is 0 Å². The first-order chi connectivity index (χ1) is 13.8. The van der Waals surface area contributed by atoms with Gasteiger partial charge in [0.25, 0.3) is 11.8 Å². The fraction of sp³-hybridized carbons (Fsp3) is 0.143. The van der Waals surface area contributed by atoms with Gasteiger partial charge < -0.3 is 25.3 Å². The lowest BCUT2D eigenvalue weighted by molar-refractivity contribution is -0.307. The Morgan fingerprint density at radius 2 is 1.62 bits per heavy atom. The molecule has 2 rings (SSSR count). The van der Waals surface area contributed by atoms with Gasteiger partial charge in [0.15, 0.2) is 0 Å². The van der Waals surface area contributed by atoms with E-state index in [2.05, 4.69) is 10.6 Å². The lowest BCUT2D eigenvalue weighted by atomic mass is 10.1. The summed E-state index contributed by atoms with van der Waals surface area (Å²) in [6.07, 6.45) is 1.37. The molecule has 0 radical (unpaired) electrons. The predicted octanol–water partition coefficient (Wildman–Crippen LogP) is 0.637. The molecule has 0 aliphatic heterocycles. The zero-order valence-corrected chi connectivity index (χ0v) is 15.8. The largest absolute Gasteiger partial charge is 0.548 e. The first-order valence-corrected chi connectivity index (χ1v) is 8.64. The Morgan fingerprint density at radius 3 is 2.17 bits per heavy atom. The van der Waals surface area contributed by atoms with Crippen LogP contribution in [0.1, 0.15) is 29.8 Å². The summed E-state index contributed by atoms with van der Waals surface area (Å²) in [6, 6.07) is 13.2. The molecule has 8 heteroatoms. The second kappa shape index (κ2) is 9.84. The molecule has 0 unspecified atom stereocenters. The lowest BCUT2D eigenvalue weighted by Gasteiger charge is -2.17. The summed E-state index contributed by atoms with van der Waals surface area (Å²) in [5.41, 5.74) is 0.678. The molecule has 150 valence electrons. The number of carbonyl (C=O) groups excluding carboxylic acids is 4. The van der Waals surface area contributed by atoms with Crippen LogP contribution in [0.3, 0.4) is 0 Å². The number of benzene rings is 2. The average Bonchev–Trinajstić information content (AvgIpc) is 2.68. The molecule has 8 nitrogen and oxygen atoms in total. The van der Waals surface area contributed by atoms with Crippen LogP contribution in [0.25, 0.3) is 6.08 Å². The number of carboxylic acids is 1. The first kappa shape index (κ1) is 21.4. The summed E-state index contributed by atoms with van der Waals surface area (Å²) in [5, 5.41) is 15.6. The average molecular weight is 395 g/mol. The van der Waals surface area contributed by atoms with E-state index in [9.17, 15) is 24.3 Å². The van der Waals surface area contributed by atoms with Crippen LogP contribution in [-0.4, -0.2) is 29.8 Å². The number of rotatable bonds is 7. The molecule has 0 bridgehead atoms. The van der Waals surface area contributed by atoms with Gasteiger partial charge >= 0.3 is 5.97 Å². The molecule has 29 heavy (non-hydrogen) atoms. The Hall–Kier alpha value is -3.94. The molecule has 2 aromatic carbocycles. The SMILES string of the molecule is CC(=O)Oc1ccc(/C=C(/NC(=O)c2ccccc2)C(=O)N[C@@H](C)C(=O)[O-])cc1. The van der Waals surface area contributed by atoms with Crippen LogP contribution in [0.5, 0.6) is 5.75 Å². The quantitative estimate of drug-likeness (QED) is 0.403. The minimum atomic E-state index is -1.46. The topological polar surface area (TPSA) is 125 Å². The smallest absolute Gasteiger partial charge is 0.308 e. The van der Waals surface area contributed by atoms with Crippen molar-refractivity contribution in [2.45, 2.75) is 19.9 Å². The number of ether oxygens (including phenoxy) is 1. The van der Waals surface area contributed by atoms with Crippen molar-refractivity contribution < 1.29 is 29.0 Å². The van der Waals surface area contributed by atoms with Crippen LogP contribution in [-0.2, 0) is 14.4 Å². The van der Waals surface area contributed by atoms with E-state index in [1.807, 2.05) is 0 Å². The van der Waals surface area contributed by atoms with Gasteiger partial charge in [-0.1, -0.05) is 30.3 Å². The molecule has 0 spiro atoms. The van der Waals surface area contributed by atoms with Gasteiger partial charge in [-0.15, -0.1) is 0 Å². The van der Waals surface area contributed by atoms with E-state index in [0.29, 0.717) is 16.9 Å². The van der Waals surface area contributed by atoms with E-state index in [-0.39, 0.29) is 5.70 Å². The van der Waals surface area contributed by atoms with E-state index in [4.69, 9.17) is 4.74 Å². The molecule has 0 aliphatic carbocycles. The molecule has 0 aromatic heterocycles. The van der Waals surface area contributed by atoms with Gasteiger partial charge in [-0.3, -0.25) is 14.4 Å². The van der Waals surface area contributed by atoms with Crippen LogP contribution in [0.15, 0.2) is 60.3 Å². The highest BCUT2D eigenvalue weighted by Crippen LogP contribution is 2.15. The van der Waals surface area contributed by atoms with Gasteiger partial charge in [0.05, 0.1) is 12.0 Å². The van der Waals surface area contributed by atoms with Crippen molar-refractivity contribution in [1.29, 1.82) is 0 Å². The molecule has 0 aliphatic rings. The van der Waals surface area contributed by atoms with E-state index < -0.39 is 29.8 Å². The number of aliphatic carboxylic acids is 1. The summed E-state index contributed by atoms with van der Waals surface area (Å²) < 4.78 is 4.94. The molecule has 2 amide bonds. The molecular weight excluding hydrogens is 376 g/mol. The standard InChI is InChI=1S/C21H20N2O6/c1-13(21(27)28)22-20(26)18(23-19(25)16-6-4-3-5-7-16)12-15-8-10-17(11-9-15)29-14(2)24/h3-13H,1-2H3,(H,22,26)(H,23,25)(H,27,28)/p-1/b18-12+/t13-/m0/s1. The van der Waals surface area contributed by atoms with Crippen LogP contribution in [0.4, 0.5) is 0 Å². The monoisotopic (exact) mass is 395 g/mol. The first-order valence-electron chi connectivity index (χ1n) is 8.64. The summed E-state index contributed by atoms with van der Waals surface area (Å²) in [6.45, 7) is 2.52. The molecule has 0 heterocycles. The number of hydrogen-bond donors (Lipinski definition) is 2. The molecule has 2 N–H and O–H groups in total. The van der Waals surface area contributed by atoms with Crippen molar-refractivity contribution >= 4 is 29.8 Å². The van der Waals surface area contributed by atoms with Crippen LogP contribution < -0.4 is 20.5 Å². The summed E-state index contributed by atoms with van der Waals surface area (Å²) in [5.74, 6) is -2.95. The maximum atomic E-state index is 12.5. The third-order valence-corrected chi connectivity index (χ3v) is 3.68. The van der Waals surface area contributed by atoms with Gasteiger partial charge in [-0.2, -0.15) is 0 Å². The Balaban J connectivity index is 2.28. The number of hydrogen-bond acceptors (Lipinski definition) is 6. The molecule has 0 fully saturated rings. The highest BCUT2D eigenvalue weighted by atomic mass is 16.5. The van der Waals surface area contributed by atoms with Gasteiger partial charge in [0, 0.05) is 12.5 Å². The van der Waals surface area contributed by atoms with E-state index in [1.54, 1.807) is 42.5 Å². The number of amides is 2. The summed E-state index contributed by atoms with van der Waals surface area (Å²) in [4.78, 5) is 46.8. The fourth-order valence-corrected chi connectivity index (χ4v) is 2.24. The normalized spacial score (nSPS) is 11.9. The van der Waals surface area contributed by atoms with E-state index >= 15 is 0 Å².